The number of hydrogen-bond donors (Lipinski definition) is 1. The number of nitrogens with one attached hydrogen (secondary N) is 1. The standard InChI is InChI=1S/C11H24N2/c1-5-6-7-11(3)9-12-8-10(2)13(11)4/h10,12H,5-9H2,1-4H3. The summed E-state index contributed by atoms with van der Waals surface area (Å²) in [7, 11) is 2.27. The lowest BCUT2D eigenvalue weighted by Crippen LogP contribution is -2.61. The molecule has 2 nitrogen and oxygen atoms in total. The maximum atomic E-state index is 3.52. The van der Waals surface area contributed by atoms with Crippen molar-refractivity contribution in [3.63, 3.8) is 0 Å². The minimum Gasteiger partial charge on any atom is -0.313 e. The minimum absolute atomic E-state index is 0.383. The summed E-state index contributed by atoms with van der Waals surface area (Å²) >= 11 is 0. The Kier molecular flexibility index (Phi) is 3.74. The van der Waals surface area contributed by atoms with Crippen molar-refractivity contribution in [3.05, 3.63) is 0 Å². The van der Waals surface area contributed by atoms with E-state index in [1.807, 2.05) is 0 Å². The first-order valence-electron chi connectivity index (χ1n) is 5.54. The van der Waals surface area contributed by atoms with Crippen molar-refractivity contribution in [2.45, 2.75) is 51.6 Å². The third kappa shape index (κ3) is 2.44. The van der Waals surface area contributed by atoms with E-state index in [1.54, 1.807) is 0 Å². The topological polar surface area (TPSA) is 15.3 Å². The maximum Gasteiger partial charge on any atom is 0.0306 e. The van der Waals surface area contributed by atoms with E-state index in [1.165, 1.54) is 19.3 Å². The van der Waals surface area contributed by atoms with Gasteiger partial charge in [0.1, 0.15) is 0 Å². The molecule has 0 aliphatic carbocycles. The minimum atomic E-state index is 0.383. The van der Waals surface area contributed by atoms with Gasteiger partial charge in [-0.1, -0.05) is 19.8 Å². The van der Waals surface area contributed by atoms with E-state index in [9.17, 15) is 0 Å². The van der Waals surface area contributed by atoms with E-state index in [-0.39, 0.29) is 0 Å². The Balaban J connectivity index is 2.53. The average Bonchev–Trinajstić information content (AvgIpc) is 2.11. The molecule has 0 radical (unpaired) electrons. The Morgan fingerprint density at radius 3 is 2.85 bits per heavy atom. The molecule has 1 rings (SSSR count). The lowest BCUT2D eigenvalue weighted by Gasteiger charge is -2.47. The smallest absolute Gasteiger partial charge is 0.0306 e. The summed E-state index contributed by atoms with van der Waals surface area (Å²) in [6.07, 6.45) is 3.96. The molecule has 1 heterocycles. The zero-order chi connectivity index (χ0) is 9.90. The molecule has 1 aliphatic heterocycles. The van der Waals surface area contributed by atoms with E-state index in [2.05, 4.69) is 38.0 Å². The van der Waals surface area contributed by atoms with Crippen LogP contribution in [0.1, 0.15) is 40.0 Å². The van der Waals surface area contributed by atoms with Crippen LogP contribution in [0.15, 0.2) is 0 Å². The summed E-state index contributed by atoms with van der Waals surface area (Å²) in [6, 6.07) is 0.676. The first-order valence-corrected chi connectivity index (χ1v) is 5.54. The molecule has 0 saturated carbocycles. The molecule has 0 aromatic heterocycles. The molecule has 0 aromatic rings. The molecule has 1 fully saturated rings. The van der Waals surface area contributed by atoms with E-state index < -0.39 is 0 Å². The molecular formula is C11H24N2. The number of unbranched alkanes of at least 4 members (excludes halogenated alkanes) is 1. The highest BCUT2D eigenvalue weighted by Gasteiger charge is 2.34. The predicted molar refractivity (Wildman–Crippen MR) is 58.0 cm³/mol. The van der Waals surface area contributed by atoms with Gasteiger partial charge in [-0.25, -0.2) is 0 Å². The lowest BCUT2D eigenvalue weighted by atomic mass is 9.89. The van der Waals surface area contributed by atoms with E-state index in [4.69, 9.17) is 0 Å². The molecule has 0 bridgehead atoms. The van der Waals surface area contributed by atoms with Crippen molar-refractivity contribution < 1.29 is 0 Å². The Bertz CT molecular complexity index is 158. The normalized spacial score (nSPS) is 36.5. The van der Waals surface area contributed by atoms with Gasteiger partial charge >= 0.3 is 0 Å². The zero-order valence-corrected chi connectivity index (χ0v) is 9.56. The van der Waals surface area contributed by atoms with E-state index >= 15 is 0 Å². The summed E-state index contributed by atoms with van der Waals surface area (Å²) in [4.78, 5) is 2.54. The van der Waals surface area contributed by atoms with Gasteiger partial charge in [0.05, 0.1) is 0 Å². The molecule has 78 valence electrons. The summed E-state index contributed by atoms with van der Waals surface area (Å²) in [5.74, 6) is 0. The zero-order valence-electron chi connectivity index (χ0n) is 9.56. The lowest BCUT2D eigenvalue weighted by molar-refractivity contribution is 0.0510. The quantitative estimate of drug-likeness (QED) is 0.720. The number of piperazine rings is 1. The van der Waals surface area contributed by atoms with Gasteiger partial charge in [0.2, 0.25) is 0 Å². The second-order valence-electron chi connectivity index (χ2n) is 4.69. The Labute approximate surface area is 82.7 Å². The van der Waals surface area contributed by atoms with Crippen LogP contribution < -0.4 is 5.32 Å². The fourth-order valence-electron chi connectivity index (χ4n) is 2.17. The highest BCUT2D eigenvalue weighted by Crippen LogP contribution is 2.24. The largest absolute Gasteiger partial charge is 0.313 e. The fourth-order valence-corrected chi connectivity index (χ4v) is 2.17. The molecule has 0 spiro atoms. The monoisotopic (exact) mass is 184 g/mol. The van der Waals surface area contributed by atoms with Crippen LogP contribution in [0.3, 0.4) is 0 Å². The van der Waals surface area contributed by atoms with E-state index in [0.717, 1.165) is 13.1 Å². The van der Waals surface area contributed by atoms with Crippen molar-refractivity contribution >= 4 is 0 Å². The van der Waals surface area contributed by atoms with Gasteiger partial charge in [-0.15, -0.1) is 0 Å². The van der Waals surface area contributed by atoms with Crippen LogP contribution in [0.5, 0.6) is 0 Å². The SMILES string of the molecule is CCCCC1(C)CNCC(C)N1C. The van der Waals surface area contributed by atoms with Crippen molar-refractivity contribution in [3.8, 4) is 0 Å². The fraction of sp³-hybridized carbons (Fsp3) is 1.00. The van der Waals surface area contributed by atoms with Crippen LogP contribution in [0.4, 0.5) is 0 Å². The van der Waals surface area contributed by atoms with Crippen LogP contribution in [0, 0.1) is 0 Å². The molecule has 2 unspecified atom stereocenters. The molecule has 0 amide bonds. The highest BCUT2D eigenvalue weighted by molar-refractivity contribution is 4.93. The van der Waals surface area contributed by atoms with Gasteiger partial charge in [0.25, 0.3) is 0 Å². The van der Waals surface area contributed by atoms with Crippen LogP contribution in [-0.4, -0.2) is 36.6 Å². The molecule has 2 heteroatoms. The van der Waals surface area contributed by atoms with Crippen LogP contribution in [0.2, 0.25) is 0 Å². The van der Waals surface area contributed by atoms with Crippen LogP contribution in [-0.2, 0) is 0 Å². The van der Waals surface area contributed by atoms with Crippen LogP contribution in [0.25, 0.3) is 0 Å². The van der Waals surface area contributed by atoms with Gasteiger partial charge < -0.3 is 5.32 Å². The third-order valence-electron chi connectivity index (χ3n) is 3.53. The van der Waals surface area contributed by atoms with Gasteiger partial charge in [-0.2, -0.15) is 0 Å². The summed E-state index contributed by atoms with van der Waals surface area (Å²) in [5.41, 5.74) is 0.383. The second-order valence-corrected chi connectivity index (χ2v) is 4.69. The first kappa shape index (κ1) is 11.0. The highest BCUT2D eigenvalue weighted by atomic mass is 15.3. The number of rotatable bonds is 3. The second kappa shape index (κ2) is 4.43. The molecule has 1 N–H and O–H groups in total. The van der Waals surface area contributed by atoms with Gasteiger partial charge in [0.15, 0.2) is 0 Å². The molecular weight excluding hydrogens is 160 g/mol. The summed E-state index contributed by atoms with van der Waals surface area (Å²) < 4.78 is 0. The number of nitrogens with zero attached hydrogens (tertiary/aromatic N) is 1. The van der Waals surface area contributed by atoms with E-state index in [0.29, 0.717) is 11.6 Å². The molecule has 2 atom stereocenters. The van der Waals surface area contributed by atoms with Crippen molar-refractivity contribution in [2.24, 2.45) is 0 Å². The Morgan fingerprint density at radius 2 is 2.23 bits per heavy atom. The third-order valence-corrected chi connectivity index (χ3v) is 3.53. The molecule has 13 heavy (non-hydrogen) atoms. The predicted octanol–water partition coefficient (Wildman–Crippen LogP) is 1.86. The first-order chi connectivity index (χ1) is 6.10. The van der Waals surface area contributed by atoms with Gasteiger partial charge in [-0.05, 0) is 27.3 Å². The van der Waals surface area contributed by atoms with Crippen LogP contribution >= 0.6 is 0 Å². The Morgan fingerprint density at radius 1 is 1.54 bits per heavy atom. The number of hydrogen-bond acceptors (Lipinski definition) is 2. The summed E-state index contributed by atoms with van der Waals surface area (Å²) in [5, 5.41) is 3.52. The molecule has 1 saturated heterocycles. The maximum absolute atomic E-state index is 3.52. The number of likely N-dealkylation sites (N-methyl/N-ethyl adjacent to an activating group) is 1. The Hall–Kier alpha value is -0.0800. The van der Waals surface area contributed by atoms with Crippen molar-refractivity contribution in [2.75, 3.05) is 20.1 Å². The van der Waals surface area contributed by atoms with Gasteiger partial charge in [0, 0.05) is 24.7 Å². The van der Waals surface area contributed by atoms with Crippen molar-refractivity contribution in [1.82, 2.24) is 10.2 Å². The van der Waals surface area contributed by atoms with Gasteiger partial charge in [-0.3, -0.25) is 4.90 Å². The molecule has 1 aliphatic rings. The van der Waals surface area contributed by atoms with Crippen molar-refractivity contribution in [1.29, 1.82) is 0 Å². The molecule has 0 aromatic carbocycles. The average molecular weight is 184 g/mol. The summed E-state index contributed by atoms with van der Waals surface area (Å²) in [6.45, 7) is 9.23.